The molecule has 0 saturated heterocycles. The summed E-state index contributed by atoms with van der Waals surface area (Å²) >= 11 is 0. The lowest BCUT2D eigenvalue weighted by Gasteiger charge is -2.24. The third-order valence-electron chi connectivity index (χ3n) is 5.01. The smallest absolute Gasteiger partial charge is 0.253 e. The summed E-state index contributed by atoms with van der Waals surface area (Å²) < 4.78 is 23.2. The number of benzene rings is 1. The average Bonchev–Trinajstić information content (AvgIpc) is 3.49. The monoisotopic (exact) mass is 401 g/mol. The molecule has 29 heavy (non-hydrogen) atoms. The fourth-order valence-electron chi connectivity index (χ4n) is 3.14. The van der Waals surface area contributed by atoms with Crippen LogP contribution in [0.4, 0.5) is 10.1 Å². The van der Waals surface area contributed by atoms with Crippen molar-refractivity contribution in [3.8, 4) is 5.75 Å². The first-order valence-electron chi connectivity index (χ1n) is 10.1. The number of nitrogens with zero attached hydrogens (tertiary/aromatic N) is 3. The molecule has 2 aromatic rings. The van der Waals surface area contributed by atoms with Crippen LogP contribution in [0.1, 0.15) is 56.2 Å². The van der Waals surface area contributed by atoms with Gasteiger partial charge in [0.1, 0.15) is 5.75 Å². The van der Waals surface area contributed by atoms with E-state index in [0.29, 0.717) is 24.1 Å². The lowest BCUT2D eigenvalue weighted by Crippen LogP contribution is -2.33. The molecule has 1 aliphatic rings. The van der Waals surface area contributed by atoms with Gasteiger partial charge in [0.25, 0.3) is 5.91 Å². The minimum absolute atomic E-state index is 0.0415. The molecule has 0 aliphatic heterocycles. The summed E-state index contributed by atoms with van der Waals surface area (Å²) in [6.45, 7) is 3.68. The number of rotatable bonds is 12. The molecule has 1 aliphatic carbocycles. The second-order valence-corrected chi connectivity index (χ2v) is 7.33. The maximum atomic E-state index is 12.8. The van der Waals surface area contributed by atoms with Crippen molar-refractivity contribution in [2.75, 3.05) is 25.2 Å². The van der Waals surface area contributed by atoms with Gasteiger partial charge in [-0.05, 0) is 37.8 Å². The highest BCUT2D eigenvalue weighted by molar-refractivity contribution is 6.05. The summed E-state index contributed by atoms with van der Waals surface area (Å²) in [7, 11) is 1.58. The molecule has 1 heterocycles. The molecule has 6 nitrogen and oxygen atoms in total. The van der Waals surface area contributed by atoms with Crippen molar-refractivity contribution in [1.82, 2.24) is 10.1 Å². The van der Waals surface area contributed by atoms with Crippen molar-refractivity contribution in [2.24, 2.45) is 0 Å². The van der Waals surface area contributed by atoms with Crippen molar-refractivity contribution in [2.45, 2.75) is 50.9 Å². The zero-order chi connectivity index (χ0) is 20.6. The first kappa shape index (κ1) is 21.0. The zero-order valence-corrected chi connectivity index (χ0v) is 16.9. The van der Waals surface area contributed by atoms with Gasteiger partial charge < -0.3 is 14.2 Å². The Hall–Kier alpha value is -2.70. The maximum absolute atomic E-state index is 12.8. The van der Waals surface area contributed by atoms with Crippen molar-refractivity contribution in [3.63, 3.8) is 0 Å². The highest BCUT2D eigenvalue weighted by atomic mass is 19.1. The van der Waals surface area contributed by atoms with E-state index in [1.165, 1.54) is 0 Å². The predicted octanol–water partition coefficient (Wildman–Crippen LogP) is 4.62. The normalized spacial score (nSPS) is 13.3. The van der Waals surface area contributed by atoms with E-state index in [1.807, 2.05) is 18.2 Å². The number of halogens is 1. The summed E-state index contributed by atoms with van der Waals surface area (Å²) in [5.74, 6) is 2.43. The van der Waals surface area contributed by atoms with Gasteiger partial charge in [0.05, 0.1) is 13.8 Å². The fraction of sp³-hybridized carbons (Fsp3) is 0.500. The third-order valence-corrected chi connectivity index (χ3v) is 5.01. The molecule has 0 unspecified atom stereocenters. The number of unbranched alkanes of at least 4 members (excludes halogenated alkanes) is 2. The second-order valence-electron chi connectivity index (χ2n) is 7.33. The quantitative estimate of drug-likeness (QED) is 0.383. The van der Waals surface area contributed by atoms with Crippen LogP contribution in [-0.2, 0) is 11.2 Å². The predicted molar refractivity (Wildman–Crippen MR) is 109 cm³/mol. The van der Waals surface area contributed by atoms with Gasteiger partial charge in [-0.3, -0.25) is 9.18 Å². The third kappa shape index (κ3) is 5.89. The summed E-state index contributed by atoms with van der Waals surface area (Å²) in [5, 5.41) is 4.03. The summed E-state index contributed by atoms with van der Waals surface area (Å²) in [5.41, 5.74) is 0.995. The molecule has 0 spiro atoms. The Bertz CT molecular complexity index is 832. The maximum Gasteiger partial charge on any atom is 0.253 e. The Morgan fingerprint density at radius 3 is 2.90 bits per heavy atom. The van der Waals surface area contributed by atoms with Gasteiger partial charge in [-0.1, -0.05) is 24.2 Å². The molecule has 1 aromatic heterocycles. The number of alkyl halides is 1. The summed E-state index contributed by atoms with van der Waals surface area (Å²) in [4.78, 5) is 18.9. The molecule has 1 aromatic carbocycles. The number of methoxy groups -OCH3 is 1. The molecule has 0 radical (unpaired) electrons. The number of ether oxygens (including phenoxy) is 1. The first-order valence-corrected chi connectivity index (χ1v) is 10.1. The van der Waals surface area contributed by atoms with Crippen LogP contribution in [0.25, 0.3) is 0 Å². The van der Waals surface area contributed by atoms with Crippen LogP contribution in [0, 0.1) is 0 Å². The van der Waals surface area contributed by atoms with Gasteiger partial charge in [0.2, 0.25) is 5.89 Å². The highest BCUT2D eigenvalue weighted by Gasteiger charge is 2.28. The molecule has 1 saturated carbocycles. The largest absolute Gasteiger partial charge is 0.497 e. The van der Waals surface area contributed by atoms with E-state index in [-0.39, 0.29) is 17.9 Å². The fourth-order valence-corrected chi connectivity index (χ4v) is 3.14. The molecule has 156 valence electrons. The first-order chi connectivity index (χ1) is 14.1. The number of amides is 1. The van der Waals surface area contributed by atoms with E-state index in [0.717, 1.165) is 50.0 Å². The van der Waals surface area contributed by atoms with Crippen LogP contribution in [-0.4, -0.2) is 36.4 Å². The molecular weight excluding hydrogens is 373 g/mol. The van der Waals surface area contributed by atoms with Crippen molar-refractivity contribution >= 4 is 11.6 Å². The summed E-state index contributed by atoms with van der Waals surface area (Å²) in [6.07, 6.45) is 5.70. The zero-order valence-electron chi connectivity index (χ0n) is 16.9. The van der Waals surface area contributed by atoms with E-state index in [4.69, 9.17) is 9.26 Å². The van der Waals surface area contributed by atoms with E-state index in [9.17, 15) is 9.18 Å². The van der Waals surface area contributed by atoms with E-state index in [1.54, 1.807) is 18.1 Å². The van der Waals surface area contributed by atoms with Gasteiger partial charge in [-0.2, -0.15) is 4.98 Å². The number of hydrogen-bond acceptors (Lipinski definition) is 5. The lowest BCUT2D eigenvalue weighted by atomic mass is 10.1. The standard InChI is InChI=1S/C22H28FN3O3/c1-16(12-13-23)22(27)26(18-7-6-8-19(15-18)28-2)14-5-3-4-9-20-24-21(25-29-20)17-10-11-17/h6-8,15,17H,1,3-5,9-14H2,2H3. The Morgan fingerprint density at radius 2 is 2.17 bits per heavy atom. The SMILES string of the molecule is C=C(CCF)C(=O)N(CCCCCc1nc(C2CC2)no1)c1cccc(OC)c1. The van der Waals surface area contributed by atoms with Crippen LogP contribution >= 0.6 is 0 Å². The van der Waals surface area contributed by atoms with Crippen molar-refractivity contribution < 1.29 is 18.4 Å². The Balaban J connectivity index is 1.54. The molecule has 0 N–H and O–H groups in total. The van der Waals surface area contributed by atoms with Gasteiger partial charge in [-0.15, -0.1) is 0 Å². The Labute approximate surface area is 170 Å². The Kier molecular flexibility index (Phi) is 7.38. The number of carbonyl (C=O) groups is 1. The van der Waals surface area contributed by atoms with Crippen LogP contribution in [0.2, 0.25) is 0 Å². The molecule has 7 heteroatoms. The highest BCUT2D eigenvalue weighted by Crippen LogP contribution is 2.38. The number of hydrogen-bond donors (Lipinski definition) is 0. The van der Waals surface area contributed by atoms with Gasteiger partial charge in [0.15, 0.2) is 5.82 Å². The number of aryl methyl sites for hydroxylation is 1. The molecular formula is C22H28FN3O3. The average molecular weight is 401 g/mol. The van der Waals surface area contributed by atoms with E-state index >= 15 is 0 Å². The number of carbonyl (C=O) groups excluding carboxylic acids is 1. The van der Waals surface area contributed by atoms with Gasteiger partial charge in [-0.25, -0.2) is 0 Å². The Morgan fingerprint density at radius 1 is 1.34 bits per heavy atom. The molecule has 3 rings (SSSR count). The topological polar surface area (TPSA) is 68.5 Å². The number of aromatic nitrogens is 2. The van der Waals surface area contributed by atoms with Crippen LogP contribution < -0.4 is 9.64 Å². The van der Waals surface area contributed by atoms with Crippen LogP contribution in [0.5, 0.6) is 5.75 Å². The minimum Gasteiger partial charge on any atom is -0.497 e. The van der Waals surface area contributed by atoms with Gasteiger partial charge >= 0.3 is 0 Å². The van der Waals surface area contributed by atoms with Crippen molar-refractivity contribution in [3.05, 3.63) is 48.1 Å². The lowest BCUT2D eigenvalue weighted by molar-refractivity contribution is -0.115. The molecule has 0 bridgehead atoms. The molecule has 0 atom stereocenters. The minimum atomic E-state index is -0.594. The van der Waals surface area contributed by atoms with Crippen molar-refractivity contribution in [1.29, 1.82) is 0 Å². The molecule has 1 fully saturated rings. The van der Waals surface area contributed by atoms with Crippen LogP contribution in [0.3, 0.4) is 0 Å². The summed E-state index contributed by atoms with van der Waals surface area (Å²) in [6, 6.07) is 7.31. The second kappa shape index (κ2) is 10.2. The van der Waals surface area contributed by atoms with E-state index < -0.39 is 6.67 Å². The molecule has 1 amide bonds. The van der Waals surface area contributed by atoms with E-state index in [2.05, 4.69) is 16.7 Å². The van der Waals surface area contributed by atoms with Crippen LogP contribution in [0.15, 0.2) is 40.9 Å². The van der Waals surface area contributed by atoms with Gasteiger partial charge in [0, 0.05) is 42.6 Å². The number of anilines is 1.